The number of fused-ring (bicyclic) bond motifs is 4. The summed E-state index contributed by atoms with van der Waals surface area (Å²) in [5.74, 6) is 0.435. The van der Waals surface area contributed by atoms with E-state index in [0.29, 0.717) is 23.0 Å². The molecule has 4 aliphatic heterocycles. The van der Waals surface area contributed by atoms with Gasteiger partial charge in [0.15, 0.2) is 24.1 Å². The first-order valence-corrected chi connectivity index (χ1v) is 14.1. The van der Waals surface area contributed by atoms with Crippen LogP contribution in [-0.4, -0.2) is 87.4 Å². The molecule has 12 heteroatoms. The van der Waals surface area contributed by atoms with Crippen LogP contribution < -0.4 is 18.9 Å². The Morgan fingerprint density at radius 2 is 1.57 bits per heavy atom. The van der Waals surface area contributed by atoms with Crippen LogP contribution in [0.15, 0.2) is 24.3 Å². The summed E-state index contributed by atoms with van der Waals surface area (Å²) >= 11 is 0. The van der Waals surface area contributed by atoms with Crippen molar-refractivity contribution in [3.63, 3.8) is 0 Å². The molecule has 0 aromatic heterocycles. The first kappa shape index (κ1) is 27.7. The van der Waals surface area contributed by atoms with E-state index in [1.54, 1.807) is 21.1 Å². The molecule has 7 rings (SSSR count). The van der Waals surface area contributed by atoms with Gasteiger partial charge in [0.05, 0.1) is 39.5 Å². The van der Waals surface area contributed by atoms with E-state index in [9.17, 15) is 15.0 Å². The zero-order valence-electron chi connectivity index (χ0n) is 23.7. The van der Waals surface area contributed by atoms with Gasteiger partial charge in [-0.3, -0.25) is 4.79 Å². The van der Waals surface area contributed by atoms with Crippen LogP contribution in [-0.2, 0) is 28.5 Å². The van der Waals surface area contributed by atoms with Crippen LogP contribution in [0.3, 0.4) is 0 Å². The van der Waals surface area contributed by atoms with Gasteiger partial charge in [-0.25, -0.2) is 0 Å². The fraction of sp³-hybridized carbons (Fsp3) is 0.567. The molecule has 2 aromatic carbocycles. The number of cyclic esters (lactones) is 1. The van der Waals surface area contributed by atoms with Crippen molar-refractivity contribution in [3.8, 4) is 23.0 Å². The highest BCUT2D eigenvalue weighted by Gasteiger charge is 2.56. The molecule has 226 valence electrons. The second kappa shape index (κ2) is 10.5. The lowest BCUT2D eigenvalue weighted by molar-refractivity contribution is -0.364. The van der Waals surface area contributed by atoms with Crippen LogP contribution in [0.5, 0.6) is 23.0 Å². The zero-order valence-corrected chi connectivity index (χ0v) is 23.7. The number of ether oxygens (including phenoxy) is 9. The maximum atomic E-state index is 13.4. The summed E-state index contributed by atoms with van der Waals surface area (Å²) in [4.78, 5) is 13.4. The van der Waals surface area contributed by atoms with E-state index in [1.807, 2.05) is 31.2 Å². The van der Waals surface area contributed by atoms with E-state index in [4.69, 9.17) is 42.6 Å². The Morgan fingerprint density at radius 1 is 0.881 bits per heavy atom. The topological polar surface area (TPSA) is 141 Å². The van der Waals surface area contributed by atoms with Crippen LogP contribution in [0.4, 0.5) is 0 Å². The first-order chi connectivity index (χ1) is 20.3. The summed E-state index contributed by atoms with van der Waals surface area (Å²) < 4.78 is 52.3. The molecule has 3 fully saturated rings. The molecule has 4 heterocycles. The number of carbonyl (C=O) groups is 1. The van der Waals surface area contributed by atoms with Crippen LogP contribution in [0.2, 0.25) is 0 Å². The minimum atomic E-state index is -1.41. The van der Waals surface area contributed by atoms with Crippen molar-refractivity contribution in [2.24, 2.45) is 11.8 Å². The Balaban J connectivity index is 1.32. The lowest BCUT2D eigenvalue weighted by atomic mass is 9.66. The van der Waals surface area contributed by atoms with Gasteiger partial charge < -0.3 is 52.8 Å². The van der Waals surface area contributed by atoms with Gasteiger partial charge in [0.1, 0.15) is 35.9 Å². The van der Waals surface area contributed by atoms with Crippen LogP contribution in [0.25, 0.3) is 0 Å². The van der Waals surface area contributed by atoms with Crippen LogP contribution >= 0.6 is 0 Å². The number of hydrogen-bond donors (Lipinski definition) is 2. The number of benzene rings is 2. The summed E-state index contributed by atoms with van der Waals surface area (Å²) in [6.45, 7) is 3.95. The number of aliphatic hydroxyl groups excluding tert-OH is 2. The molecule has 0 radical (unpaired) electrons. The second-order valence-corrected chi connectivity index (χ2v) is 11.3. The van der Waals surface area contributed by atoms with E-state index in [-0.39, 0.29) is 26.0 Å². The monoisotopic (exact) mass is 586 g/mol. The molecule has 12 nitrogen and oxygen atoms in total. The minimum Gasteiger partial charge on any atom is -0.496 e. The predicted octanol–water partition coefficient (Wildman–Crippen LogP) is 1.94. The normalized spacial score (nSPS) is 36.5. The number of carbonyl (C=O) groups excluding carboxylic acids is 1. The minimum absolute atomic E-state index is 0.0631. The lowest BCUT2D eigenvalue weighted by Gasteiger charge is -2.47. The summed E-state index contributed by atoms with van der Waals surface area (Å²) in [6.07, 6.45) is -6.60. The van der Waals surface area contributed by atoms with Crippen molar-refractivity contribution in [1.82, 2.24) is 0 Å². The van der Waals surface area contributed by atoms with Crippen LogP contribution in [0, 0.1) is 18.8 Å². The Kier molecular flexibility index (Phi) is 6.95. The van der Waals surface area contributed by atoms with E-state index in [2.05, 4.69) is 0 Å². The maximum absolute atomic E-state index is 13.4. The molecule has 0 spiro atoms. The third-order valence-corrected chi connectivity index (χ3v) is 9.02. The van der Waals surface area contributed by atoms with Gasteiger partial charge in [0, 0.05) is 17.4 Å². The molecule has 5 aliphatic rings. The summed E-state index contributed by atoms with van der Waals surface area (Å²) in [7, 11) is 3.18. The third kappa shape index (κ3) is 4.31. The molecular formula is C30H34O12. The lowest BCUT2D eigenvalue weighted by Crippen LogP contribution is -2.63. The van der Waals surface area contributed by atoms with Crippen molar-refractivity contribution >= 4 is 5.97 Å². The molecule has 1 aliphatic carbocycles. The van der Waals surface area contributed by atoms with Gasteiger partial charge in [-0.1, -0.05) is 0 Å². The largest absolute Gasteiger partial charge is 0.496 e. The molecule has 42 heavy (non-hydrogen) atoms. The Labute approximate surface area is 242 Å². The SMILES string of the molecule is COc1cc(C2c3cc4c(cc3[C@@H](OC3OC5COC(C)OC5C(O)C3O)[C@H]3COC(=O)[C@H]23)OCO4)cc(OC)c1C. The summed E-state index contributed by atoms with van der Waals surface area (Å²) in [5.41, 5.74) is 3.15. The molecule has 2 N–H and O–H groups in total. The highest BCUT2D eigenvalue weighted by Crippen LogP contribution is 2.56. The highest BCUT2D eigenvalue weighted by molar-refractivity contribution is 5.79. The van der Waals surface area contributed by atoms with Crippen molar-refractivity contribution in [2.75, 3.05) is 34.2 Å². The fourth-order valence-corrected chi connectivity index (χ4v) is 6.93. The Morgan fingerprint density at radius 3 is 2.26 bits per heavy atom. The van der Waals surface area contributed by atoms with E-state index < -0.39 is 60.9 Å². The molecule has 0 saturated carbocycles. The van der Waals surface area contributed by atoms with Gasteiger partial charge in [0.25, 0.3) is 0 Å². The average molecular weight is 587 g/mol. The van der Waals surface area contributed by atoms with Gasteiger partial charge in [0.2, 0.25) is 6.79 Å². The smallest absolute Gasteiger partial charge is 0.310 e. The van der Waals surface area contributed by atoms with Crippen LogP contribution in [0.1, 0.15) is 41.2 Å². The number of esters is 1. The van der Waals surface area contributed by atoms with Gasteiger partial charge in [-0.05, 0) is 54.8 Å². The molecular weight excluding hydrogens is 552 g/mol. The van der Waals surface area contributed by atoms with E-state index in [1.165, 1.54) is 0 Å². The summed E-state index contributed by atoms with van der Waals surface area (Å²) in [6, 6.07) is 7.54. The molecule has 10 atom stereocenters. The average Bonchev–Trinajstić information content (AvgIpc) is 3.61. The molecule has 0 amide bonds. The van der Waals surface area contributed by atoms with E-state index >= 15 is 0 Å². The Bertz CT molecular complexity index is 1350. The zero-order chi connectivity index (χ0) is 29.3. The quantitative estimate of drug-likeness (QED) is 0.495. The molecule has 0 bridgehead atoms. The molecule has 7 unspecified atom stereocenters. The molecule has 3 saturated heterocycles. The van der Waals surface area contributed by atoms with Gasteiger partial charge in [-0.2, -0.15) is 0 Å². The van der Waals surface area contributed by atoms with Gasteiger partial charge >= 0.3 is 5.97 Å². The highest BCUT2D eigenvalue weighted by atomic mass is 16.8. The number of hydrogen-bond acceptors (Lipinski definition) is 12. The number of methoxy groups -OCH3 is 2. The summed E-state index contributed by atoms with van der Waals surface area (Å²) in [5, 5.41) is 22.0. The number of rotatable bonds is 5. The van der Waals surface area contributed by atoms with Crippen molar-refractivity contribution in [2.45, 2.75) is 62.9 Å². The van der Waals surface area contributed by atoms with Gasteiger partial charge in [-0.15, -0.1) is 0 Å². The van der Waals surface area contributed by atoms with Crippen molar-refractivity contribution < 1.29 is 57.6 Å². The predicted molar refractivity (Wildman–Crippen MR) is 141 cm³/mol. The maximum Gasteiger partial charge on any atom is 0.310 e. The fourth-order valence-electron chi connectivity index (χ4n) is 6.93. The number of aliphatic hydroxyl groups is 2. The first-order valence-electron chi connectivity index (χ1n) is 14.1. The third-order valence-electron chi connectivity index (χ3n) is 9.02. The second-order valence-electron chi connectivity index (χ2n) is 11.3. The van der Waals surface area contributed by atoms with E-state index in [0.717, 1.165) is 22.3 Å². The standard InChI is InChI=1S/C30H34O12/c1-12-18(34-3)5-14(6-19(12)35-4)23-15-7-20-21(39-11-38-20)8-16(15)27(17-9-37-29(33)24(17)23)42-30-26(32)25(31)28-22(41-30)10-36-13(2)40-28/h5-8,13,17,22-28,30-32H,9-11H2,1-4H3/t13?,17-,22?,23?,24-,25?,26?,27+,28?,30?/m0/s1. The molecule has 2 aromatic rings. The Hall–Kier alpha value is -3.13. The van der Waals surface area contributed by atoms with Crippen molar-refractivity contribution in [1.29, 1.82) is 0 Å². The van der Waals surface area contributed by atoms with Crippen molar-refractivity contribution in [3.05, 3.63) is 46.5 Å².